The van der Waals surface area contributed by atoms with Gasteiger partial charge in [-0.3, -0.25) is 9.69 Å². The van der Waals surface area contributed by atoms with Crippen molar-refractivity contribution in [1.82, 2.24) is 4.98 Å². The van der Waals surface area contributed by atoms with Gasteiger partial charge >= 0.3 is 0 Å². The molecule has 3 rings (SSSR count). The van der Waals surface area contributed by atoms with Crippen LogP contribution < -0.4 is 4.90 Å². The second-order valence-electron chi connectivity index (χ2n) is 5.28. The van der Waals surface area contributed by atoms with Crippen LogP contribution in [0, 0.1) is 6.92 Å². The Balaban J connectivity index is 1.95. The summed E-state index contributed by atoms with van der Waals surface area (Å²) in [7, 11) is 0. The molecular weight excluding hydrogens is 308 g/mol. The fraction of sp³-hybridized carbons (Fsp3) is 0.467. The molecule has 2 heterocycles. The lowest BCUT2D eigenvalue weighted by Crippen LogP contribution is -2.35. The van der Waals surface area contributed by atoms with Crippen molar-refractivity contribution in [3.8, 4) is 0 Å². The van der Waals surface area contributed by atoms with Gasteiger partial charge in [-0.1, -0.05) is 22.9 Å². The molecule has 1 aliphatic rings. The molecule has 1 saturated heterocycles. The first-order valence-corrected chi connectivity index (χ1v) is 8.21. The van der Waals surface area contributed by atoms with Crippen LogP contribution in [-0.2, 0) is 9.53 Å². The third kappa shape index (κ3) is 2.91. The highest BCUT2D eigenvalue weighted by atomic mass is 35.5. The zero-order valence-electron chi connectivity index (χ0n) is 12.1. The molecule has 1 aromatic heterocycles. The van der Waals surface area contributed by atoms with Crippen molar-refractivity contribution >= 4 is 44.2 Å². The van der Waals surface area contributed by atoms with E-state index in [1.54, 1.807) is 11.8 Å². The Hall–Kier alpha value is -1.17. The molecule has 1 atom stereocenters. The quantitative estimate of drug-likeness (QED) is 0.862. The first-order chi connectivity index (χ1) is 10.1. The highest BCUT2D eigenvalue weighted by Crippen LogP contribution is 2.34. The summed E-state index contributed by atoms with van der Waals surface area (Å²) >= 11 is 7.66. The molecule has 0 aliphatic carbocycles. The third-order valence-corrected chi connectivity index (χ3v) is 5.21. The summed E-state index contributed by atoms with van der Waals surface area (Å²) in [6, 6.07) is 3.83. The Morgan fingerprint density at radius 3 is 3.05 bits per heavy atom. The molecule has 1 aromatic carbocycles. The molecule has 21 heavy (non-hydrogen) atoms. The lowest BCUT2D eigenvalue weighted by molar-refractivity contribution is -0.116. The van der Waals surface area contributed by atoms with Crippen LogP contribution in [0.4, 0.5) is 5.13 Å². The van der Waals surface area contributed by atoms with Gasteiger partial charge in [-0.2, -0.15) is 0 Å². The molecular formula is C15H17ClN2O2S. The molecule has 1 amide bonds. The van der Waals surface area contributed by atoms with E-state index in [1.165, 1.54) is 11.3 Å². The number of rotatable bonds is 3. The number of amides is 1. The van der Waals surface area contributed by atoms with Gasteiger partial charge in [0.25, 0.3) is 0 Å². The topological polar surface area (TPSA) is 42.4 Å². The zero-order chi connectivity index (χ0) is 15.0. The summed E-state index contributed by atoms with van der Waals surface area (Å²) in [5.41, 5.74) is 1.83. The number of benzene rings is 1. The molecule has 1 unspecified atom stereocenters. The molecule has 6 heteroatoms. The number of aryl methyl sites for hydroxylation is 1. The van der Waals surface area contributed by atoms with Gasteiger partial charge in [0.1, 0.15) is 0 Å². The summed E-state index contributed by atoms with van der Waals surface area (Å²) in [5.74, 6) is -0.00620. The van der Waals surface area contributed by atoms with E-state index in [-0.39, 0.29) is 12.0 Å². The van der Waals surface area contributed by atoms with Crippen molar-refractivity contribution in [2.24, 2.45) is 0 Å². The van der Waals surface area contributed by atoms with Gasteiger partial charge in [0.2, 0.25) is 5.91 Å². The van der Waals surface area contributed by atoms with Crippen molar-refractivity contribution in [2.45, 2.75) is 32.8 Å². The Bertz CT molecular complexity index is 680. The van der Waals surface area contributed by atoms with Crippen LogP contribution in [0.3, 0.4) is 0 Å². The maximum absolute atomic E-state index is 12.0. The number of fused-ring (bicyclic) bond motifs is 1. The van der Waals surface area contributed by atoms with Gasteiger partial charge in [-0.25, -0.2) is 4.98 Å². The lowest BCUT2D eigenvalue weighted by atomic mass is 10.2. The minimum atomic E-state index is -0.00620. The number of nitrogens with zero attached hydrogens (tertiary/aromatic N) is 2. The molecule has 1 fully saturated rings. The number of halogens is 1. The largest absolute Gasteiger partial charge is 0.376 e. The summed E-state index contributed by atoms with van der Waals surface area (Å²) < 4.78 is 6.68. The van der Waals surface area contributed by atoms with Gasteiger partial charge in [0.05, 0.1) is 22.9 Å². The van der Waals surface area contributed by atoms with Crippen LogP contribution in [0.25, 0.3) is 10.2 Å². The molecule has 0 N–H and O–H groups in total. The van der Waals surface area contributed by atoms with E-state index in [4.69, 9.17) is 16.3 Å². The van der Waals surface area contributed by atoms with Gasteiger partial charge in [0, 0.05) is 18.6 Å². The van der Waals surface area contributed by atoms with E-state index in [9.17, 15) is 4.79 Å². The number of carbonyl (C=O) groups excluding carboxylic acids is 1. The predicted molar refractivity (Wildman–Crippen MR) is 86.4 cm³/mol. The number of hydrogen-bond acceptors (Lipinski definition) is 4. The Morgan fingerprint density at radius 1 is 1.57 bits per heavy atom. The van der Waals surface area contributed by atoms with Crippen molar-refractivity contribution in [3.05, 3.63) is 22.7 Å². The summed E-state index contributed by atoms with van der Waals surface area (Å²) in [4.78, 5) is 18.3. The molecule has 4 nitrogen and oxygen atoms in total. The minimum absolute atomic E-state index is 0.00620. The molecule has 2 aromatic rings. The van der Waals surface area contributed by atoms with Crippen LogP contribution in [0.2, 0.25) is 5.02 Å². The average Bonchev–Trinajstić information content (AvgIpc) is 3.09. The number of ether oxygens (including phenoxy) is 1. The first kappa shape index (κ1) is 14.8. The van der Waals surface area contributed by atoms with E-state index in [0.717, 1.165) is 40.4 Å². The third-order valence-electron chi connectivity index (χ3n) is 3.76. The number of thiazole rings is 1. The van der Waals surface area contributed by atoms with Gasteiger partial charge in [0.15, 0.2) is 5.13 Å². The maximum Gasteiger partial charge on any atom is 0.225 e. The van der Waals surface area contributed by atoms with Gasteiger partial charge in [-0.05, 0) is 37.5 Å². The lowest BCUT2D eigenvalue weighted by Gasteiger charge is -2.21. The smallest absolute Gasteiger partial charge is 0.225 e. The zero-order valence-corrected chi connectivity index (χ0v) is 13.6. The minimum Gasteiger partial charge on any atom is -0.376 e. The van der Waals surface area contributed by atoms with Crippen molar-refractivity contribution in [3.63, 3.8) is 0 Å². The second-order valence-corrected chi connectivity index (χ2v) is 6.70. The Labute approximate surface area is 132 Å². The molecule has 1 aliphatic heterocycles. The summed E-state index contributed by atoms with van der Waals surface area (Å²) in [6.45, 7) is 4.88. The summed E-state index contributed by atoms with van der Waals surface area (Å²) in [5, 5.41) is 1.42. The highest BCUT2D eigenvalue weighted by Gasteiger charge is 2.24. The van der Waals surface area contributed by atoms with Crippen molar-refractivity contribution in [2.75, 3.05) is 18.1 Å². The second kappa shape index (κ2) is 5.91. The van der Waals surface area contributed by atoms with Crippen LogP contribution in [-0.4, -0.2) is 30.1 Å². The number of hydrogen-bond donors (Lipinski definition) is 0. The van der Waals surface area contributed by atoms with E-state index < -0.39 is 0 Å². The van der Waals surface area contributed by atoms with Crippen molar-refractivity contribution in [1.29, 1.82) is 0 Å². The molecule has 0 saturated carbocycles. The van der Waals surface area contributed by atoms with E-state index in [2.05, 4.69) is 4.98 Å². The fourth-order valence-electron chi connectivity index (χ4n) is 2.54. The molecule has 0 spiro atoms. The number of anilines is 1. The van der Waals surface area contributed by atoms with E-state index in [0.29, 0.717) is 11.6 Å². The molecule has 112 valence electrons. The number of carbonyl (C=O) groups is 1. The fourth-order valence-corrected chi connectivity index (χ4v) is 3.77. The standard InChI is InChI=1S/C15H17ClN2O2S/c1-9-12(16)5-6-13-14(9)17-15(21-13)18(10(2)19)8-11-4-3-7-20-11/h5-6,11H,3-4,7-8H2,1-2H3. The van der Waals surface area contributed by atoms with Crippen LogP contribution in [0.15, 0.2) is 12.1 Å². The Kier molecular flexibility index (Phi) is 4.15. The summed E-state index contributed by atoms with van der Waals surface area (Å²) in [6.07, 6.45) is 2.18. The van der Waals surface area contributed by atoms with Crippen LogP contribution in [0.5, 0.6) is 0 Å². The highest BCUT2D eigenvalue weighted by molar-refractivity contribution is 7.22. The SMILES string of the molecule is CC(=O)N(CC1CCCO1)c1nc2c(C)c(Cl)ccc2s1. The maximum atomic E-state index is 12.0. The number of aromatic nitrogens is 1. The van der Waals surface area contributed by atoms with Crippen LogP contribution >= 0.6 is 22.9 Å². The van der Waals surface area contributed by atoms with Gasteiger partial charge < -0.3 is 4.74 Å². The van der Waals surface area contributed by atoms with E-state index >= 15 is 0 Å². The molecule has 0 radical (unpaired) electrons. The normalized spacial score (nSPS) is 18.3. The van der Waals surface area contributed by atoms with Gasteiger partial charge in [-0.15, -0.1) is 0 Å². The average molecular weight is 325 g/mol. The van der Waals surface area contributed by atoms with Crippen LogP contribution in [0.1, 0.15) is 25.3 Å². The molecule has 0 bridgehead atoms. The Morgan fingerprint density at radius 2 is 2.38 bits per heavy atom. The van der Waals surface area contributed by atoms with Crippen molar-refractivity contribution < 1.29 is 9.53 Å². The van der Waals surface area contributed by atoms with E-state index in [1.807, 2.05) is 19.1 Å². The first-order valence-electron chi connectivity index (χ1n) is 7.01. The monoisotopic (exact) mass is 324 g/mol. The predicted octanol–water partition coefficient (Wildman–Crippen LogP) is 3.79.